The molecule has 0 bridgehead atoms. The molecule has 0 saturated heterocycles. The van der Waals surface area contributed by atoms with Gasteiger partial charge in [-0.3, -0.25) is 0 Å². The van der Waals surface area contributed by atoms with Gasteiger partial charge in [-0.1, -0.05) is 24.3 Å². The summed E-state index contributed by atoms with van der Waals surface area (Å²) in [6, 6.07) is 9.09. The van der Waals surface area contributed by atoms with E-state index in [4.69, 9.17) is 5.73 Å². The van der Waals surface area contributed by atoms with Crippen LogP contribution in [0.2, 0.25) is 0 Å². The molecule has 0 amide bonds. The molecule has 0 unspecified atom stereocenters. The second-order valence-electron chi connectivity index (χ2n) is 4.40. The summed E-state index contributed by atoms with van der Waals surface area (Å²) in [4.78, 5) is 0. The molecule has 0 aliphatic heterocycles. The highest BCUT2D eigenvalue weighted by molar-refractivity contribution is 5.69. The first-order valence-corrected chi connectivity index (χ1v) is 6.08. The Labute approximate surface area is 114 Å². The monoisotopic (exact) mass is 283 g/mol. The van der Waals surface area contributed by atoms with Crippen LogP contribution in [0.15, 0.2) is 42.5 Å². The Morgan fingerprint density at radius 3 is 2.30 bits per heavy atom. The van der Waals surface area contributed by atoms with E-state index in [-0.39, 0.29) is 11.1 Å². The molecule has 1 nitrogen and oxygen atoms in total. The molecule has 0 atom stereocenters. The fraction of sp³-hybridized carbons (Fsp3) is 0.200. The van der Waals surface area contributed by atoms with Gasteiger partial charge in [-0.25, -0.2) is 4.39 Å². The smallest absolute Gasteiger partial charge is 0.330 e. The topological polar surface area (TPSA) is 26.0 Å². The fourth-order valence-electron chi connectivity index (χ4n) is 2.07. The summed E-state index contributed by atoms with van der Waals surface area (Å²) in [6.45, 7) is 0.353. The van der Waals surface area contributed by atoms with Gasteiger partial charge in [0.2, 0.25) is 0 Å². The highest BCUT2D eigenvalue weighted by atomic mass is 19.4. The number of hydrogen-bond acceptors (Lipinski definition) is 1. The lowest BCUT2D eigenvalue weighted by Gasteiger charge is -2.14. The van der Waals surface area contributed by atoms with Crippen molar-refractivity contribution in [2.45, 2.75) is 12.6 Å². The Morgan fingerprint density at radius 1 is 0.950 bits per heavy atom. The lowest BCUT2D eigenvalue weighted by molar-refractivity contribution is -0.137. The molecule has 2 aromatic carbocycles. The van der Waals surface area contributed by atoms with E-state index in [9.17, 15) is 17.6 Å². The molecule has 0 aliphatic rings. The van der Waals surface area contributed by atoms with Crippen molar-refractivity contribution >= 4 is 0 Å². The molecule has 5 heteroatoms. The SMILES string of the molecule is NCCc1ccc(F)c(-c2ccccc2C(F)(F)F)c1. The number of halogens is 4. The third-order valence-corrected chi connectivity index (χ3v) is 2.99. The van der Waals surface area contributed by atoms with Gasteiger partial charge in [-0.05, 0) is 42.3 Å². The highest BCUT2D eigenvalue weighted by Gasteiger charge is 2.33. The van der Waals surface area contributed by atoms with E-state index < -0.39 is 17.6 Å². The molecular weight excluding hydrogens is 270 g/mol. The minimum atomic E-state index is -4.52. The van der Waals surface area contributed by atoms with Crippen molar-refractivity contribution in [3.63, 3.8) is 0 Å². The molecule has 0 heterocycles. The first kappa shape index (κ1) is 14.5. The molecular formula is C15H13F4N. The van der Waals surface area contributed by atoms with Gasteiger partial charge < -0.3 is 5.73 Å². The zero-order valence-electron chi connectivity index (χ0n) is 10.5. The first-order chi connectivity index (χ1) is 9.43. The van der Waals surface area contributed by atoms with Crippen molar-refractivity contribution in [3.05, 3.63) is 59.4 Å². The van der Waals surface area contributed by atoms with Crippen LogP contribution in [0.1, 0.15) is 11.1 Å². The van der Waals surface area contributed by atoms with Crippen molar-refractivity contribution in [1.82, 2.24) is 0 Å². The van der Waals surface area contributed by atoms with Crippen LogP contribution in [-0.2, 0) is 12.6 Å². The zero-order chi connectivity index (χ0) is 14.8. The van der Waals surface area contributed by atoms with Crippen LogP contribution in [0.3, 0.4) is 0 Å². The molecule has 106 valence electrons. The normalized spacial score (nSPS) is 11.7. The predicted molar refractivity (Wildman–Crippen MR) is 69.6 cm³/mol. The maximum Gasteiger partial charge on any atom is 0.417 e. The van der Waals surface area contributed by atoms with E-state index in [2.05, 4.69) is 0 Å². The maximum atomic E-state index is 13.9. The average molecular weight is 283 g/mol. The second kappa shape index (κ2) is 5.63. The number of alkyl halides is 3. The Morgan fingerprint density at radius 2 is 1.65 bits per heavy atom. The van der Waals surface area contributed by atoms with E-state index >= 15 is 0 Å². The van der Waals surface area contributed by atoms with Gasteiger partial charge in [0.15, 0.2) is 0 Å². The Bertz CT molecular complexity index is 605. The van der Waals surface area contributed by atoms with E-state index in [0.717, 1.165) is 6.07 Å². The molecule has 20 heavy (non-hydrogen) atoms. The quantitative estimate of drug-likeness (QED) is 0.846. The first-order valence-electron chi connectivity index (χ1n) is 6.08. The third kappa shape index (κ3) is 2.99. The van der Waals surface area contributed by atoms with Gasteiger partial charge in [0.05, 0.1) is 5.56 Å². The number of rotatable bonds is 3. The summed E-state index contributed by atoms with van der Waals surface area (Å²) in [5.74, 6) is -0.678. The molecule has 0 fully saturated rings. The maximum absolute atomic E-state index is 13.9. The molecule has 2 N–H and O–H groups in total. The lowest BCUT2D eigenvalue weighted by Crippen LogP contribution is -2.08. The third-order valence-electron chi connectivity index (χ3n) is 2.99. The van der Waals surface area contributed by atoms with Crippen LogP contribution in [0.5, 0.6) is 0 Å². The van der Waals surface area contributed by atoms with Crippen LogP contribution >= 0.6 is 0 Å². The molecule has 2 rings (SSSR count). The second-order valence-corrected chi connectivity index (χ2v) is 4.40. The van der Waals surface area contributed by atoms with Gasteiger partial charge in [-0.15, -0.1) is 0 Å². The zero-order valence-corrected chi connectivity index (χ0v) is 10.5. The molecule has 0 saturated carbocycles. The molecule has 0 spiro atoms. The Hall–Kier alpha value is -1.88. The lowest BCUT2D eigenvalue weighted by atomic mass is 9.96. The van der Waals surface area contributed by atoms with Crippen molar-refractivity contribution in [3.8, 4) is 11.1 Å². The molecule has 0 radical (unpaired) electrons. The fourth-order valence-corrected chi connectivity index (χ4v) is 2.07. The molecule has 0 aromatic heterocycles. The summed E-state index contributed by atoms with van der Waals surface area (Å²) in [5, 5.41) is 0. The van der Waals surface area contributed by atoms with Crippen LogP contribution in [-0.4, -0.2) is 6.54 Å². The van der Waals surface area contributed by atoms with Crippen molar-refractivity contribution < 1.29 is 17.6 Å². The van der Waals surface area contributed by atoms with E-state index in [1.165, 1.54) is 36.4 Å². The number of nitrogens with two attached hydrogens (primary N) is 1. The summed E-state index contributed by atoms with van der Waals surface area (Å²) >= 11 is 0. The van der Waals surface area contributed by atoms with Gasteiger partial charge >= 0.3 is 6.18 Å². The van der Waals surface area contributed by atoms with Gasteiger partial charge in [0, 0.05) is 5.56 Å². The van der Waals surface area contributed by atoms with E-state index in [0.29, 0.717) is 18.5 Å². The van der Waals surface area contributed by atoms with Crippen molar-refractivity contribution in [2.75, 3.05) is 6.54 Å². The largest absolute Gasteiger partial charge is 0.417 e. The number of benzene rings is 2. The van der Waals surface area contributed by atoms with Gasteiger partial charge in [0.1, 0.15) is 5.82 Å². The van der Waals surface area contributed by atoms with Crippen LogP contribution in [0, 0.1) is 5.82 Å². The standard InChI is InChI=1S/C15H13F4N/c16-14-6-5-10(7-8-20)9-12(14)11-3-1-2-4-13(11)15(17,18)19/h1-6,9H,7-8,20H2. The van der Waals surface area contributed by atoms with Gasteiger partial charge in [-0.2, -0.15) is 13.2 Å². The van der Waals surface area contributed by atoms with Crippen molar-refractivity contribution in [1.29, 1.82) is 0 Å². The molecule has 2 aromatic rings. The predicted octanol–water partition coefficient (Wildman–Crippen LogP) is 4.01. The summed E-state index contributed by atoms with van der Waals surface area (Å²) in [5.41, 5.74) is 5.07. The minimum absolute atomic E-state index is 0.0520. The van der Waals surface area contributed by atoms with Gasteiger partial charge in [0.25, 0.3) is 0 Å². The molecule has 0 aliphatic carbocycles. The number of hydrogen-bond donors (Lipinski definition) is 1. The summed E-state index contributed by atoms with van der Waals surface area (Å²) in [6.07, 6.45) is -4.03. The van der Waals surface area contributed by atoms with E-state index in [1.807, 2.05) is 0 Å². The minimum Gasteiger partial charge on any atom is -0.330 e. The van der Waals surface area contributed by atoms with Crippen molar-refractivity contribution in [2.24, 2.45) is 5.73 Å². The Balaban J connectivity index is 2.59. The summed E-state index contributed by atoms with van der Waals surface area (Å²) in [7, 11) is 0. The Kier molecular flexibility index (Phi) is 4.09. The summed E-state index contributed by atoms with van der Waals surface area (Å²) < 4.78 is 52.8. The van der Waals surface area contributed by atoms with E-state index in [1.54, 1.807) is 0 Å². The van der Waals surface area contributed by atoms with Crippen LogP contribution in [0.25, 0.3) is 11.1 Å². The van der Waals surface area contributed by atoms with Crippen LogP contribution in [0.4, 0.5) is 17.6 Å². The highest BCUT2D eigenvalue weighted by Crippen LogP contribution is 2.38. The van der Waals surface area contributed by atoms with Crippen LogP contribution < -0.4 is 5.73 Å². The average Bonchev–Trinajstić information content (AvgIpc) is 2.40.